The van der Waals surface area contributed by atoms with Crippen LogP contribution in [0.5, 0.6) is 0 Å². The molecule has 0 unspecified atom stereocenters. The summed E-state index contributed by atoms with van der Waals surface area (Å²) in [4.78, 5) is 4.79. The van der Waals surface area contributed by atoms with E-state index in [0.717, 1.165) is 48.7 Å². The van der Waals surface area contributed by atoms with E-state index in [9.17, 15) is 13.2 Å². The Bertz CT molecular complexity index is 834. The molecule has 1 aliphatic carbocycles. The van der Waals surface area contributed by atoms with Gasteiger partial charge in [-0.2, -0.15) is 13.2 Å². The topological polar surface area (TPSA) is 24.4 Å². The van der Waals surface area contributed by atoms with E-state index in [1.807, 2.05) is 36.4 Å². The maximum absolute atomic E-state index is 13.5. The second-order valence-electron chi connectivity index (χ2n) is 7.63. The van der Waals surface area contributed by atoms with Crippen LogP contribution in [0.3, 0.4) is 0 Å². The fourth-order valence-corrected chi connectivity index (χ4v) is 4.43. The molecule has 2 aromatic carbocycles. The van der Waals surface area contributed by atoms with Crippen LogP contribution < -0.4 is 5.32 Å². The van der Waals surface area contributed by atoms with Crippen LogP contribution in [0.15, 0.2) is 53.5 Å². The highest BCUT2D eigenvalue weighted by molar-refractivity contribution is 6.03. The number of fused-ring (bicyclic) bond motifs is 1. The van der Waals surface area contributed by atoms with Gasteiger partial charge in [-0.05, 0) is 36.5 Å². The number of nitrogens with one attached hydrogen (secondary N) is 1. The van der Waals surface area contributed by atoms with Gasteiger partial charge in [0.2, 0.25) is 0 Å². The molecule has 0 amide bonds. The third-order valence-corrected chi connectivity index (χ3v) is 5.80. The summed E-state index contributed by atoms with van der Waals surface area (Å²) in [6, 6.07) is 14.3. The van der Waals surface area contributed by atoms with E-state index in [2.05, 4.69) is 5.32 Å². The van der Waals surface area contributed by atoms with Gasteiger partial charge in [0.15, 0.2) is 0 Å². The number of benzene rings is 2. The quantitative estimate of drug-likeness (QED) is 0.665. The molecule has 1 spiro atoms. The average molecular weight is 372 g/mol. The van der Waals surface area contributed by atoms with Crippen molar-refractivity contribution in [3.8, 4) is 0 Å². The highest BCUT2D eigenvalue weighted by Crippen LogP contribution is 2.48. The minimum Gasteiger partial charge on any atom is -0.343 e. The van der Waals surface area contributed by atoms with Crippen molar-refractivity contribution in [2.24, 2.45) is 10.4 Å². The predicted molar refractivity (Wildman–Crippen MR) is 102 cm³/mol. The van der Waals surface area contributed by atoms with E-state index < -0.39 is 11.7 Å². The van der Waals surface area contributed by atoms with Gasteiger partial charge in [-0.3, -0.25) is 4.99 Å². The molecule has 1 heterocycles. The predicted octanol–water partition coefficient (Wildman–Crippen LogP) is 6.22. The lowest BCUT2D eigenvalue weighted by atomic mass is 9.67. The maximum atomic E-state index is 13.5. The number of hydrogen-bond acceptors (Lipinski definition) is 1. The monoisotopic (exact) mass is 372 g/mol. The number of amidine groups is 1. The van der Waals surface area contributed by atoms with Crippen molar-refractivity contribution >= 4 is 11.5 Å². The molecule has 5 heteroatoms. The van der Waals surface area contributed by atoms with Crippen LogP contribution in [0.4, 0.5) is 18.9 Å². The number of alkyl halides is 3. The first-order valence-electron chi connectivity index (χ1n) is 9.53. The zero-order valence-corrected chi connectivity index (χ0v) is 15.1. The molecule has 0 saturated heterocycles. The third-order valence-electron chi connectivity index (χ3n) is 5.80. The second kappa shape index (κ2) is 7.02. The van der Waals surface area contributed by atoms with E-state index in [4.69, 9.17) is 4.99 Å². The Hall–Kier alpha value is -2.30. The van der Waals surface area contributed by atoms with Gasteiger partial charge in [0, 0.05) is 5.41 Å². The molecule has 0 radical (unpaired) electrons. The zero-order valence-electron chi connectivity index (χ0n) is 15.1. The third kappa shape index (κ3) is 3.60. The highest BCUT2D eigenvalue weighted by Gasteiger charge is 2.44. The Balaban J connectivity index is 1.74. The van der Waals surface area contributed by atoms with E-state index in [1.54, 1.807) is 0 Å². The van der Waals surface area contributed by atoms with Crippen LogP contribution >= 0.6 is 0 Å². The lowest BCUT2D eigenvalue weighted by molar-refractivity contribution is -0.137. The summed E-state index contributed by atoms with van der Waals surface area (Å²) in [6.07, 6.45) is 1.59. The van der Waals surface area contributed by atoms with E-state index in [0.29, 0.717) is 13.0 Å². The van der Waals surface area contributed by atoms with Gasteiger partial charge in [-0.15, -0.1) is 0 Å². The average Bonchev–Trinajstić information content (AvgIpc) is 2.66. The minimum absolute atomic E-state index is 0.162. The minimum atomic E-state index is -4.38. The summed E-state index contributed by atoms with van der Waals surface area (Å²) in [5.74, 6) is 0.732. The summed E-state index contributed by atoms with van der Waals surface area (Å²) in [5.41, 5.74) is 1.24. The van der Waals surface area contributed by atoms with Crippen LogP contribution in [0.1, 0.15) is 48.8 Å². The first-order chi connectivity index (χ1) is 13.0. The van der Waals surface area contributed by atoms with Gasteiger partial charge in [0.1, 0.15) is 5.84 Å². The van der Waals surface area contributed by atoms with Crippen LogP contribution in [-0.4, -0.2) is 5.84 Å². The summed E-state index contributed by atoms with van der Waals surface area (Å²) in [6.45, 7) is 0.481. The number of rotatable bonds is 2. The standard InChI is InChI=1S/C22H23F3N2/c23-22(24,25)18-11-7-10-17-14-21(12-5-2-6-13-21)20(27-19(17)18)26-15-16-8-3-1-4-9-16/h1,3-4,7-11H,2,5-6,12-15H2,(H,26,27). The summed E-state index contributed by atoms with van der Waals surface area (Å²) in [7, 11) is 0. The summed E-state index contributed by atoms with van der Waals surface area (Å²) in [5, 5.41) is 3.13. The highest BCUT2D eigenvalue weighted by atomic mass is 19.4. The maximum Gasteiger partial charge on any atom is 0.418 e. The SMILES string of the molecule is FC(F)(F)c1cccc2c1NC(=NCc1ccccc1)C1(CCCCC1)C2. The summed E-state index contributed by atoms with van der Waals surface area (Å²) < 4.78 is 40.5. The molecule has 1 fully saturated rings. The number of anilines is 1. The van der Waals surface area contributed by atoms with Crippen molar-refractivity contribution in [1.82, 2.24) is 0 Å². The lowest BCUT2D eigenvalue weighted by Gasteiger charge is -2.43. The molecule has 142 valence electrons. The van der Waals surface area contributed by atoms with Gasteiger partial charge in [0.25, 0.3) is 0 Å². The smallest absolute Gasteiger partial charge is 0.343 e. The van der Waals surface area contributed by atoms with Crippen molar-refractivity contribution in [2.45, 2.75) is 51.2 Å². The van der Waals surface area contributed by atoms with Crippen LogP contribution in [0.2, 0.25) is 0 Å². The second-order valence-corrected chi connectivity index (χ2v) is 7.63. The molecule has 2 nitrogen and oxygen atoms in total. The molecule has 2 aliphatic rings. The number of aliphatic imine (C=N–C) groups is 1. The molecule has 2 aromatic rings. The Labute approximate surface area is 157 Å². The Morgan fingerprint density at radius 2 is 1.67 bits per heavy atom. The van der Waals surface area contributed by atoms with Crippen LogP contribution in [-0.2, 0) is 19.1 Å². The van der Waals surface area contributed by atoms with Crippen molar-refractivity contribution in [3.63, 3.8) is 0 Å². The van der Waals surface area contributed by atoms with Gasteiger partial charge in [-0.1, -0.05) is 61.7 Å². The fraction of sp³-hybridized carbons (Fsp3) is 0.409. The zero-order chi connectivity index (χ0) is 18.9. The Morgan fingerprint density at radius 1 is 0.926 bits per heavy atom. The summed E-state index contributed by atoms with van der Waals surface area (Å²) >= 11 is 0. The van der Waals surface area contributed by atoms with Gasteiger partial charge in [-0.25, -0.2) is 0 Å². The molecule has 27 heavy (non-hydrogen) atoms. The van der Waals surface area contributed by atoms with E-state index >= 15 is 0 Å². The number of nitrogens with zero attached hydrogens (tertiary/aromatic N) is 1. The first-order valence-corrected chi connectivity index (χ1v) is 9.53. The van der Waals surface area contributed by atoms with Gasteiger partial charge >= 0.3 is 6.18 Å². The number of para-hydroxylation sites is 1. The van der Waals surface area contributed by atoms with Crippen LogP contribution in [0.25, 0.3) is 0 Å². The van der Waals surface area contributed by atoms with Crippen LogP contribution in [0, 0.1) is 5.41 Å². The fourth-order valence-electron chi connectivity index (χ4n) is 4.43. The molecule has 4 rings (SSSR count). The molecule has 0 atom stereocenters. The number of halogens is 3. The van der Waals surface area contributed by atoms with Gasteiger partial charge in [0.05, 0.1) is 17.8 Å². The van der Waals surface area contributed by atoms with E-state index in [1.165, 1.54) is 12.5 Å². The molecule has 1 saturated carbocycles. The van der Waals surface area contributed by atoms with Gasteiger partial charge < -0.3 is 5.32 Å². The first kappa shape index (κ1) is 18.1. The van der Waals surface area contributed by atoms with E-state index in [-0.39, 0.29) is 11.1 Å². The molecule has 0 aromatic heterocycles. The largest absolute Gasteiger partial charge is 0.418 e. The van der Waals surface area contributed by atoms with Crippen molar-refractivity contribution < 1.29 is 13.2 Å². The van der Waals surface area contributed by atoms with Crippen molar-refractivity contribution in [3.05, 3.63) is 65.2 Å². The molecule has 0 bridgehead atoms. The molecular weight excluding hydrogens is 349 g/mol. The molecule has 1 aliphatic heterocycles. The molecular formula is C22H23F3N2. The number of hydrogen-bond donors (Lipinski definition) is 1. The normalized spacial score (nSPS) is 20.3. The van der Waals surface area contributed by atoms with Crippen molar-refractivity contribution in [1.29, 1.82) is 0 Å². The van der Waals surface area contributed by atoms with Crippen molar-refractivity contribution in [2.75, 3.05) is 5.32 Å². The lowest BCUT2D eigenvalue weighted by Crippen LogP contribution is -2.44. The Kier molecular flexibility index (Phi) is 4.70. The Morgan fingerprint density at radius 3 is 2.37 bits per heavy atom. The molecule has 1 N–H and O–H groups in total.